The number of hydrogen-bond donors (Lipinski definition) is 1. The van der Waals surface area contributed by atoms with Gasteiger partial charge in [0.15, 0.2) is 0 Å². The third kappa shape index (κ3) is 3.88. The molecular formula is C16H20Br2N2O. The molecule has 1 aliphatic heterocycles. The summed E-state index contributed by atoms with van der Waals surface area (Å²) in [5.74, 6) is 0.151. The Morgan fingerprint density at radius 3 is 2.71 bits per heavy atom. The quantitative estimate of drug-likeness (QED) is 0.807. The fourth-order valence-electron chi connectivity index (χ4n) is 2.92. The normalized spacial score (nSPS) is 22.1. The Hall–Kier alpha value is -0.390. The molecule has 21 heavy (non-hydrogen) atoms. The van der Waals surface area contributed by atoms with Crippen molar-refractivity contribution in [1.82, 2.24) is 10.2 Å². The number of piperidine rings is 1. The van der Waals surface area contributed by atoms with Gasteiger partial charge in [-0.15, -0.1) is 0 Å². The maximum Gasteiger partial charge on any atom is 0.255 e. The van der Waals surface area contributed by atoms with Crippen molar-refractivity contribution in [3.8, 4) is 0 Å². The zero-order valence-corrected chi connectivity index (χ0v) is 15.1. The molecule has 1 saturated carbocycles. The number of halogens is 2. The molecule has 2 fully saturated rings. The summed E-state index contributed by atoms with van der Waals surface area (Å²) in [7, 11) is 0. The Morgan fingerprint density at radius 2 is 2.05 bits per heavy atom. The van der Waals surface area contributed by atoms with Gasteiger partial charge in [-0.3, -0.25) is 4.79 Å². The van der Waals surface area contributed by atoms with Gasteiger partial charge >= 0.3 is 0 Å². The largest absolute Gasteiger partial charge is 0.334 e. The predicted molar refractivity (Wildman–Crippen MR) is 91.5 cm³/mol. The lowest BCUT2D eigenvalue weighted by Crippen LogP contribution is -2.46. The van der Waals surface area contributed by atoms with Crippen LogP contribution in [0.15, 0.2) is 27.1 Å². The molecule has 1 heterocycles. The molecule has 0 spiro atoms. The lowest BCUT2D eigenvalue weighted by molar-refractivity contribution is 0.0717. The highest BCUT2D eigenvalue weighted by Gasteiger charge is 2.35. The van der Waals surface area contributed by atoms with Gasteiger partial charge in [0.25, 0.3) is 5.91 Å². The Kier molecular flexibility index (Phi) is 5.02. The van der Waals surface area contributed by atoms with Gasteiger partial charge in [0, 0.05) is 27.6 Å². The topological polar surface area (TPSA) is 32.3 Å². The average Bonchev–Trinajstić information content (AvgIpc) is 3.32. The van der Waals surface area contributed by atoms with Gasteiger partial charge in [-0.25, -0.2) is 0 Å². The molecule has 2 aliphatic rings. The number of rotatable bonds is 4. The molecule has 1 amide bonds. The number of amides is 1. The summed E-state index contributed by atoms with van der Waals surface area (Å²) >= 11 is 6.97. The molecule has 0 aromatic heterocycles. The molecule has 3 rings (SSSR count). The number of carbonyl (C=O) groups excluding carboxylic acids is 1. The summed E-state index contributed by atoms with van der Waals surface area (Å²) in [6, 6.07) is 6.68. The molecule has 1 atom stereocenters. The minimum atomic E-state index is 0.151. The summed E-state index contributed by atoms with van der Waals surface area (Å²) in [5.41, 5.74) is 0.757. The molecule has 1 N–H and O–H groups in total. The Morgan fingerprint density at radius 1 is 1.24 bits per heavy atom. The van der Waals surface area contributed by atoms with Crippen molar-refractivity contribution in [2.75, 3.05) is 13.1 Å². The van der Waals surface area contributed by atoms with Crippen LogP contribution in [0.25, 0.3) is 0 Å². The summed E-state index contributed by atoms with van der Waals surface area (Å²) in [6.45, 7) is 1.92. The maximum atomic E-state index is 12.9. The van der Waals surface area contributed by atoms with Gasteiger partial charge in [0.05, 0.1) is 5.56 Å². The van der Waals surface area contributed by atoms with Crippen molar-refractivity contribution >= 4 is 37.8 Å². The molecule has 1 aliphatic carbocycles. The molecule has 114 valence electrons. The van der Waals surface area contributed by atoms with Crippen LogP contribution in [-0.2, 0) is 0 Å². The van der Waals surface area contributed by atoms with Crippen molar-refractivity contribution in [3.63, 3.8) is 0 Å². The molecule has 1 unspecified atom stereocenters. The van der Waals surface area contributed by atoms with Gasteiger partial charge in [0.2, 0.25) is 0 Å². The Balaban J connectivity index is 1.76. The van der Waals surface area contributed by atoms with Crippen molar-refractivity contribution in [2.45, 2.75) is 44.2 Å². The van der Waals surface area contributed by atoms with Crippen LogP contribution < -0.4 is 5.32 Å². The van der Waals surface area contributed by atoms with Crippen LogP contribution in [-0.4, -0.2) is 36.0 Å². The first kappa shape index (κ1) is 15.5. The van der Waals surface area contributed by atoms with Crippen LogP contribution in [0.1, 0.15) is 42.5 Å². The van der Waals surface area contributed by atoms with E-state index in [0.29, 0.717) is 12.1 Å². The van der Waals surface area contributed by atoms with Crippen LogP contribution in [0.3, 0.4) is 0 Å². The Labute approximate surface area is 142 Å². The van der Waals surface area contributed by atoms with E-state index in [2.05, 4.69) is 42.1 Å². The first-order valence-electron chi connectivity index (χ1n) is 7.64. The summed E-state index contributed by atoms with van der Waals surface area (Å²) in [4.78, 5) is 15.0. The van der Waals surface area contributed by atoms with Crippen LogP contribution in [0.4, 0.5) is 0 Å². The third-order valence-electron chi connectivity index (χ3n) is 4.24. The summed E-state index contributed by atoms with van der Waals surface area (Å²) < 4.78 is 1.82. The van der Waals surface area contributed by atoms with Crippen molar-refractivity contribution < 1.29 is 4.79 Å². The van der Waals surface area contributed by atoms with E-state index in [-0.39, 0.29) is 5.91 Å². The number of carbonyl (C=O) groups is 1. The standard InChI is InChI=1S/C16H20Br2N2O/c17-11-4-7-15(18)14(9-11)16(21)20(13-5-6-13)10-12-3-1-2-8-19-12/h4,7,9,12-13,19H,1-3,5-6,8,10H2. The Bertz CT molecular complexity index is 525. The highest BCUT2D eigenvalue weighted by molar-refractivity contribution is 9.11. The SMILES string of the molecule is O=C(c1cc(Br)ccc1Br)N(CC1CCCCN1)C1CC1. The van der Waals surface area contributed by atoms with E-state index in [0.717, 1.165) is 40.4 Å². The van der Waals surface area contributed by atoms with E-state index in [1.54, 1.807) is 0 Å². The monoisotopic (exact) mass is 414 g/mol. The smallest absolute Gasteiger partial charge is 0.255 e. The second-order valence-electron chi connectivity index (χ2n) is 5.96. The van der Waals surface area contributed by atoms with E-state index in [1.807, 2.05) is 18.2 Å². The number of nitrogens with zero attached hydrogens (tertiary/aromatic N) is 1. The number of benzene rings is 1. The third-order valence-corrected chi connectivity index (χ3v) is 5.42. The highest BCUT2D eigenvalue weighted by atomic mass is 79.9. The molecule has 1 saturated heterocycles. The molecular weight excluding hydrogens is 396 g/mol. The lowest BCUT2D eigenvalue weighted by atomic mass is 10.0. The average molecular weight is 416 g/mol. The molecule has 1 aromatic rings. The van der Waals surface area contributed by atoms with Crippen LogP contribution in [0.2, 0.25) is 0 Å². The fourth-order valence-corrected chi connectivity index (χ4v) is 3.69. The summed E-state index contributed by atoms with van der Waals surface area (Å²) in [6.07, 6.45) is 5.99. The zero-order valence-electron chi connectivity index (χ0n) is 11.9. The minimum absolute atomic E-state index is 0.151. The number of hydrogen-bond acceptors (Lipinski definition) is 2. The molecule has 0 radical (unpaired) electrons. The highest BCUT2D eigenvalue weighted by Crippen LogP contribution is 2.31. The van der Waals surface area contributed by atoms with Crippen molar-refractivity contribution in [3.05, 3.63) is 32.7 Å². The lowest BCUT2D eigenvalue weighted by Gasteiger charge is -2.31. The second kappa shape index (κ2) is 6.80. The van der Waals surface area contributed by atoms with Gasteiger partial charge in [-0.1, -0.05) is 22.4 Å². The first-order chi connectivity index (χ1) is 10.1. The second-order valence-corrected chi connectivity index (χ2v) is 7.73. The molecule has 1 aromatic carbocycles. The minimum Gasteiger partial charge on any atom is -0.334 e. The van der Waals surface area contributed by atoms with E-state index in [1.165, 1.54) is 19.3 Å². The predicted octanol–water partition coefficient (Wildman–Crippen LogP) is 3.96. The van der Waals surface area contributed by atoms with E-state index < -0.39 is 0 Å². The van der Waals surface area contributed by atoms with Gasteiger partial charge in [-0.05, 0) is 66.4 Å². The molecule has 3 nitrogen and oxygen atoms in total. The van der Waals surface area contributed by atoms with E-state index in [4.69, 9.17) is 0 Å². The summed E-state index contributed by atoms with van der Waals surface area (Å²) in [5, 5.41) is 3.55. The van der Waals surface area contributed by atoms with E-state index >= 15 is 0 Å². The van der Waals surface area contributed by atoms with E-state index in [9.17, 15) is 4.79 Å². The van der Waals surface area contributed by atoms with Crippen LogP contribution >= 0.6 is 31.9 Å². The maximum absolute atomic E-state index is 12.9. The fraction of sp³-hybridized carbons (Fsp3) is 0.562. The molecule has 5 heteroatoms. The van der Waals surface area contributed by atoms with Gasteiger partial charge in [0.1, 0.15) is 0 Å². The first-order valence-corrected chi connectivity index (χ1v) is 9.23. The van der Waals surface area contributed by atoms with Crippen molar-refractivity contribution in [2.24, 2.45) is 0 Å². The van der Waals surface area contributed by atoms with Crippen LogP contribution in [0.5, 0.6) is 0 Å². The van der Waals surface area contributed by atoms with Crippen LogP contribution in [0, 0.1) is 0 Å². The number of nitrogens with one attached hydrogen (secondary N) is 1. The molecule has 0 bridgehead atoms. The zero-order chi connectivity index (χ0) is 14.8. The van der Waals surface area contributed by atoms with Gasteiger partial charge in [-0.2, -0.15) is 0 Å². The van der Waals surface area contributed by atoms with Crippen molar-refractivity contribution in [1.29, 1.82) is 0 Å². The van der Waals surface area contributed by atoms with Gasteiger partial charge < -0.3 is 10.2 Å².